The van der Waals surface area contributed by atoms with Crippen LogP contribution in [0.3, 0.4) is 0 Å². The van der Waals surface area contributed by atoms with E-state index in [0.717, 1.165) is 39.8 Å². The SMILES string of the molecule is CC(C)(C)C1CCc2c(sc(NC(=O)c3sc4cc(Cl)ccc4c3Cl)c2C(=O)NC2CCS(=O)(=O)C2)C1. The van der Waals surface area contributed by atoms with Crippen molar-refractivity contribution in [2.24, 2.45) is 11.3 Å². The Balaban J connectivity index is 1.48. The quantitative estimate of drug-likeness (QED) is 0.354. The molecule has 2 N–H and O–H groups in total. The highest BCUT2D eigenvalue weighted by Crippen LogP contribution is 2.45. The third kappa shape index (κ3) is 5.43. The second-order valence-electron chi connectivity index (χ2n) is 10.9. The number of hydrogen-bond acceptors (Lipinski definition) is 6. The van der Waals surface area contributed by atoms with E-state index < -0.39 is 15.9 Å². The van der Waals surface area contributed by atoms with Crippen LogP contribution in [0.1, 0.15) is 64.1 Å². The zero-order valence-corrected chi connectivity index (χ0v) is 24.7. The summed E-state index contributed by atoms with van der Waals surface area (Å²) in [5.74, 6) is -0.243. The number of thiophene rings is 2. The van der Waals surface area contributed by atoms with Gasteiger partial charge >= 0.3 is 0 Å². The van der Waals surface area contributed by atoms with Crippen LogP contribution in [0, 0.1) is 11.3 Å². The third-order valence-electron chi connectivity index (χ3n) is 7.31. The number of nitrogens with one attached hydrogen (secondary N) is 2. The predicted molar refractivity (Wildman–Crippen MR) is 154 cm³/mol. The van der Waals surface area contributed by atoms with Gasteiger partial charge in [0.05, 0.1) is 22.1 Å². The summed E-state index contributed by atoms with van der Waals surface area (Å²) in [5, 5.41) is 8.03. The number of sulfone groups is 1. The molecule has 1 aliphatic heterocycles. The molecule has 2 amide bonds. The van der Waals surface area contributed by atoms with E-state index in [-0.39, 0.29) is 28.7 Å². The summed E-state index contributed by atoms with van der Waals surface area (Å²) in [6, 6.07) is 4.87. The number of benzene rings is 1. The van der Waals surface area contributed by atoms with Crippen molar-refractivity contribution in [2.45, 2.75) is 52.5 Å². The molecule has 6 nitrogen and oxygen atoms in total. The molecular formula is C26H28Cl2N2O4S3. The van der Waals surface area contributed by atoms with Crippen molar-refractivity contribution in [2.75, 3.05) is 16.8 Å². The van der Waals surface area contributed by atoms with Gasteiger partial charge in [0.15, 0.2) is 9.84 Å². The normalized spacial score (nSPS) is 21.1. The average Bonchev–Trinajstić information content (AvgIpc) is 3.44. The van der Waals surface area contributed by atoms with Crippen LogP contribution in [-0.2, 0) is 22.7 Å². The number of rotatable bonds is 4. The number of carbonyl (C=O) groups excluding carboxylic acids is 2. The Hall–Kier alpha value is -1.65. The topological polar surface area (TPSA) is 92.3 Å². The van der Waals surface area contributed by atoms with E-state index >= 15 is 0 Å². The molecule has 0 bridgehead atoms. The largest absolute Gasteiger partial charge is 0.348 e. The average molecular weight is 600 g/mol. The fraction of sp³-hybridized carbons (Fsp3) is 0.462. The number of anilines is 1. The van der Waals surface area contributed by atoms with Crippen molar-refractivity contribution in [3.63, 3.8) is 0 Å². The van der Waals surface area contributed by atoms with Gasteiger partial charge in [-0.2, -0.15) is 0 Å². The first-order valence-corrected chi connectivity index (χ1v) is 16.4. The molecule has 0 saturated carbocycles. The fourth-order valence-electron chi connectivity index (χ4n) is 5.16. The van der Waals surface area contributed by atoms with Gasteiger partial charge < -0.3 is 10.6 Å². The first-order chi connectivity index (χ1) is 17.3. The molecule has 5 rings (SSSR count). The smallest absolute Gasteiger partial charge is 0.267 e. The van der Waals surface area contributed by atoms with E-state index in [2.05, 4.69) is 31.4 Å². The van der Waals surface area contributed by atoms with Crippen LogP contribution >= 0.6 is 45.9 Å². The molecule has 0 radical (unpaired) electrons. The van der Waals surface area contributed by atoms with Crippen molar-refractivity contribution < 1.29 is 18.0 Å². The zero-order chi connectivity index (χ0) is 26.7. The van der Waals surface area contributed by atoms with Gasteiger partial charge in [-0.15, -0.1) is 22.7 Å². The molecule has 2 unspecified atom stereocenters. The summed E-state index contributed by atoms with van der Waals surface area (Å²) in [6.45, 7) is 6.68. The predicted octanol–water partition coefficient (Wildman–Crippen LogP) is 6.59. The van der Waals surface area contributed by atoms with Crippen molar-refractivity contribution in [1.29, 1.82) is 0 Å². The highest BCUT2D eigenvalue weighted by atomic mass is 35.5. The van der Waals surface area contributed by atoms with Crippen LogP contribution in [0.5, 0.6) is 0 Å². The van der Waals surface area contributed by atoms with Crippen LogP contribution in [0.4, 0.5) is 5.00 Å². The van der Waals surface area contributed by atoms with Gasteiger partial charge in [-0.25, -0.2) is 8.42 Å². The lowest BCUT2D eigenvalue weighted by Crippen LogP contribution is -2.36. The minimum atomic E-state index is -3.14. The van der Waals surface area contributed by atoms with Crippen molar-refractivity contribution in [3.05, 3.63) is 49.1 Å². The molecule has 2 aromatic heterocycles. The highest BCUT2D eigenvalue weighted by Gasteiger charge is 2.36. The lowest BCUT2D eigenvalue weighted by Gasteiger charge is -2.33. The molecule has 2 atom stereocenters. The lowest BCUT2D eigenvalue weighted by atomic mass is 9.72. The highest BCUT2D eigenvalue weighted by molar-refractivity contribution is 7.91. The van der Waals surface area contributed by atoms with Gasteiger partial charge in [0.2, 0.25) is 0 Å². The van der Waals surface area contributed by atoms with Crippen molar-refractivity contribution in [1.82, 2.24) is 5.32 Å². The Bertz CT molecular complexity index is 1520. The summed E-state index contributed by atoms with van der Waals surface area (Å²) in [5.41, 5.74) is 1.52. The van der Waals surface area contributed by atoms with Gasteiger partial charge in [0.1, 0.15) is 9.88 Å². The number of halogens is 2. The molecular weight excluding hydrogens is 571 g/mol. The molecule has 0 spiro atoms. The van der Waals surface area contributed by atoms with Gasteiger partial charge in [0.25, 0.3) is 11.8 Å². The molecule has 37 heavy (non-hydrogen) atoms. The van der Waals surface area contributed by atoms with Gasteiger partial charge in [-0.05, 0) is 54.7 Å². The standard InChI is InChI=1S/C26H28Cl2N2O4S3/c1-26(2,3)13-4-6-16-18(10-13)36-25(20(16)23(31)29-15-8-9-37(33,34)12-15)30-24(32)22-21(28)17-7-5-14(27)11-19(17)35-22/h5,7,11,13,15H,4,6,8-10,12H2,1-3H3,(H,29,31)(H,30,32). The van der Waals surface area contributed by atoms with Crippen molar-refractivity contribution >= 4 is 82.6 Å². The Morgan fingerprint density at radius 1 is 1.08 bits per heavy atom. The lowest BCUT2D eigenvalue weighted by molar-refractivity contribution is 0.0941. The van der Waals surface area contributed by atoms with Crippen LogP contribution in [0.25, 0.3) is 10.1 Å². The Labute approximate surface area is 234 Å². The second-order valence-corrected chi connectivity index (χ2v) is 16.1. The van der Waals surface area contributed by atoms with Crippen LogP contribution in [-0.4, -0.2) is 37.8 Å². The Kier molecular flexibility index (Phi) is 7.15. The molecule has 198 valence electrons. The first kappa shape index (κ1) is 26.9. The molecule has 1 aromatic carbocycles. The summed E-state index contributed by atoms with van der Waals surface area (Å²) >= 11 is 15.4. The van der Waals surface area contributed by atoms with E-state index in [9.17, 15) is 18.0 Å². The minimum Gasteiger partial charge on any atom is -0.348 e. The van der Waals surface area contributed by atoms with Crippen LogP contribution in [0.2, 0.25) is 10.0 Å². The van der Waals surface area contributed by atoms with Gasteiger partial charge in [-0.1, -0.05) is 50.0 Å². The van der Waals surface area contributed by atoms with Gasteiger partial charge in [0, 0.05) is 26.0 Å². The van der Waals surface area contributed by atoms with Crippen LogP contribution < -0.4 is 10.6 Å². The Morgan fingerprint density at radius 2 is 1.84 bits per heavy atom. The van der Waals surface area contributed by atoms with Gasteiger partial charge in [-0.3, -0.25) is 9.59 Å². The molecule has 1 aliphatic carbocycles. The maximum atomic E-state index is 13.5. The monoisotopic (exact) mass is 598 g/mol. The molecule has 1 fully saturated rings. The molecule has 3 aromatic rings. The van der Waals surface area contributed by atoms with E-state index in [0.29, 0.717) is 37.8 Å². The first-order valence-electron chi connectivity index (χ1n) is 12.2. The van der Waals surface area contributed by atoms with E-state index in [1.165, 1.54) is 22.7 Å². The molecule has 1 saturated heterocycles. The summed E-state index contributed by atoms with van der Waals surface area (Å²) in [6.07, 6.45) is 2.91. The Morgan fingerprint density at radius 3 is 2.51 bits per heavy atom. The van der Waals surface area contributed by atoms with E-state index in [1.54, 1.807) is 18.2 Å². The molecule has 2 aliphatic rings. The maximum Gasteiger partial charge on any atom is 0.267 e. The zero-order valence-electron chi connectivity index (χ0n) is 20.7. The summed E-state index contributed by atoms with van der Waals surface area (Å²) in [4.78, 5) is 28.4. The summed E-state index contributed by atoms with van der Waals surface area (Å²) in [7, 11) is -3.14. The summed E-state index contributed by atoms with van der Waals surface area (Å²) < 4.78 is 24.7. The number of amides is 2. The third-order valence-corrected chi connectivity index (χ3v) is 12.1. The van der Waals surface area contributed by atoms with E-state index in [1.807, 2.05) is 0 Å². The molecule has 11 heteroatoms. The second kappa shape index (κ2) is 9.83. The fourth-order valence-corrected chi connectivity index (χ4v) is 9.85. The maximum absolute atomic E-state index is 13.5. The number of carbonyl (C=O) groups is 2. The number of fused-ring (bicyclic) bond motifs is 2. The minimum absolute atomic E-state index is 0.0567. The van der Waals surface area contributed by atoms with E-state index in [4.69, 9.17) is 23.2 Å². The van der Waals surface area contributed by atoms with Crippen LogP contribution in [0.15, 0.2) is 18.2 Å². The van der Waals surface area contributed by atoms with Crippen molar-refractivity contribution in [3.8, 4) is 0 Å². The number of hydrogen-bond donors (Lipinski definition) is 2. The molecule has 3 heterocycles.